The Morgan fingerprint density at radius 2 is 2.20 bits per heavy atom. The largest absolute Gasteiger partial charge is 0.481 e. The Labute approximate surface area is 121 Å². The molecule has 1 aromatic rings. The molecule has 2 heterocycles. The second-order valence-corrected chi connectivity index (χ2v) is 5.99. The number of carboxylic acids is 1. The molecule has 1 aromatic heterocycles. The van der Waals surface area contributed by atoms with Crippen LogP contribution in [0.25, 0.3) is 0 Å². The van der Waals surface area contributed by atoms with Gasteiger partial charge in [0, 0.05) is 24.7 Å². The topological polar surface area (TPSA) is 82.5 Å². The van der Waals surface area contributed by atoms with E-state index in [-0.39, 0.29) is 6.03 Å². The van der Waals surface area contributed by atoms with Gasteiger partial charge in [0.25, 0.3) is 0 Å². The SMILES string of the molecule is CCC1(C(=O)O)CCN(C(=O)NCc2nccs2)CC1. The van der Waals surface area contributed by atoms with Crippen LogP contribution in [0.2, 0.25) is 0 Å². The van der Waals surface area contributed by atoms with E-state index < -0.39 is 11.4 Å². The Kier molecular flexibility index (Phi) is 4.59. The number of nitrogens with zero attached hydrogens (tertiary/aromatic N) is 2. The van der Waals surface area contributed by atoms with Crippen LogP contribution in [0.1, 0.15) is 31.2 Å². The van der Waals surface area contributed by atoms with E-state index in [0.29, 0.717) is 38.9 Å². The van der Waals surface area contributed by atoms with Crippen molar-refractivity contribution in [2.75, 3.05) is 13.1 Å². The first-order valence-corrected chi connectivity index (χ1v) is 7.60. The molecule has 0 unspecified atom stereocenters. The molecule has 20 heavy (non-hydrogen) atoms. The molecule has 1 aliphatic heterocycles. The fourth-order valence-electron chi connectivity index (χ4n) is 2.46. The second-order valence-electron chi connectivity index (χ2n) is 5.01. The standard InChI is InChI=1S/C13H19N3O3S/c1-2-13(11(17)18)3-6-16(7-4-13)12(19)15-9-10-14-5-8-20-10/h5,8H,2-4,6-7,9H2,1H3,(H,15,19)(H,17,18). The van der Waals surface area contributed by atoms with Crippen molar-refractivity contribution in [1.29, 1.82) is 0 Å². The predicted octanol–water partition coefficient (Wildman–Crippen LogP) is 1.93. The number of piperidine rings is 1. The molecule has 2 amide bonds. The minimum atomic E-state index is -0.747. The van der Waals surface area contributed by atoms with Gasteiger partial charge in [-0.15, -0.1) is 11.3 Å². The number of hydrogen-bond donors (Lipinski definition) is 2. The molecule has 0 saturated carbocycles. The molecule has 2 N–H and O–H groups in total. The van der Waals surface area contributed by atoms with Gasteiger partial charge >= 0.3 is 12.0 Å². The molecule has 0 radical (unpaired) electrons. The van der Waals surface area contributed by atoms with Gasteiger partial charge in [0.15, 0.2) is 0 Å². The molecule has 1 saturated heterocycles. The zero-order valence-electron chi connectivity index (χ0n) is 11.5. The Morgan fingerprint density at radius 1 is 1.50 bits per heavy atom. The van der Waals surface area contributed by atoms with Crippen molar-refractivity contribution in [2.45, 2.75) is 32.7 Å². The lowest BCUT2D eigenvalue weighted by Crippen LogP contribution is -2.49. The highest BCUT2D eigenvalue weighted by atomic mass is 32.1. The maximum absolute atomic E-state index is 12.0. The Morgan fingerprint density at radius 3 is 2.70 bits per heavy atom. The van der Waals surface area contributed by atoms with Crippen LogP contribution in [0.4, 0.5) is 4.79 Å². The summed E-state index contributed by atoms with van der Waals surface area (Å²) in [5, 5.41) is 14.9. The number of aliphatic carboxylic acids is 1. The molecule has 6 nitrogen and oxygen atoms in total. The smallest absolute Gasteiger partial charge is 0.317 e. The number of thiazole rings is 1. The molecule has 0 aromatic carbocycles. The van der Waals surface area contributed by atoms with Gasteiger partial charge in [0.05, 0.1) is 12.0 Å². The number of nitrogens with one attached hydrogen (secondary N) is 1. The Hall–Kier alpha value is -1.63. The molecule has 0 bridgehead atoms. The monoisotopic (exact) mass is 297 g/mol. The van der Waals surface area contributed by atoms with Crippen molar-refractivity contribution in [3.8, 4) is 0 Å². The first kappa shape index (κ1) is 14.8. The molecule has 0 aliphatic carbocycles. The normalized spacial score (nSPS) is 17.8. The van der Waals surface area contributed by atoms with Crippen molar-refractivity contribution in [1.82, 2.24) is 15.2 Å². The number of carbonyl (C=O) groups is 2. The van der Waals surface area contributed by atoms with E-state index in [1.54, 1.807) is 11.1 Å². The van der Waals surface area contributed by atoms with Crippen molar-refractivity contribution >= 4 is 23.3 Å². The van der Waals surface area contributed by atoms with E-state index in [0.717, 1.165) is 5.01 Å². The first-order valence-electron chi connectivity index (χ1n) is 6.72. The first-order chi connectivity index (χ1) is 9.57. The fraction of sp³-hybridized carbons (Fsp3) is 0.615. The average molecular weight is 297 g/mol. The quantitative estimate of drug-likeness (QED) is 0.889. The minimum Gasteiger partial charge on any atom is -0.481 e. The lowest BCUT2D eigenvalue weighted by atomic mass is 9.76. The molecule has 2 rings (SSSR count). The van der Waals surface area contributed by atoms with Crippen molar-refractivity contribution < 1.29 is 14.7 Å². The predicted molar refractivity (Wildman–Crippen MR) is 75.5 cm³/mol. The Bertz CT molecular complexity index is 467. The fourth-order valence-corrected chi connectivity index (χ4v) is 3.02. The summed E-state index contributed by atoms with van der Waals surface area (Å²) in [4.78, 5) is 29.1. The third kappa shape index (κ3) is 3.09. The number of carboxylic acid groups (broad SMARTS) is 1. The Balaban J connectivity index is 1.84. The number of hydrogen-bond acceptors (Lipinski definition) is 4. The van der Waals surface area contributed by atoms with Crippen molar-refractivity contribution in [3.63, 3.8) is 0 Å². The summed E-state index contributed by atoms with van der Waals surface area (Å²) in [7, 11) is 0. The zero-order chi connectivity index (χ0) is 14.6. The van der Waals surface area contributed by atoms with Crippen LogP contribution in [0.5, 0.6) is 0 Å². The molecule has 110 valence electrons. The van der Waals surface area contributed by atoms with Crippen LogP contribution in [0.15, 0.2) is 11.6 Å². The van der Waals surface area contributed by atoms with E-state index in [1.165, 1.54) is 11.3 Å². The van der Waals surface area contributed by atoms with Crippen LogP contribution >= 0.6 is 11.3 Å². The van der Waals surface area contributed by atoms with Gasteiger partial charge in [-0.2, -0.15) is 0 Å². The number of aromatic nitrogens is 1. The summed E-state index contributed by atoms with van der Waals surface area (Å²) in [6.45, 7) is 3.30. The molecule has 0 spiro atoms. The number of urea groups is 1. The highest BCUT2D eigenvalue weighted by molar-refractivity contribution is 7.09. The molecular formula is C13H19N3O3S. The van der Waals surface area contributed by atoms with Gasteiger partial charge in [0.1, 0.15) is 5.01 Å². The van der Waals surface area contributed by atoms with Gasteiger partial charge < -0.3 is 15.3 Å². The summed E-state index contributed by atoms with van der Waals surface area (Å²) < 4.78 is 0. The lowest BCUT2D eigenvalue weighted by molar-refractivity contribution is -0.151. The summed E-state index contributed by atoms with van der Waals surface area (Å²) in [5.74, 6) is -0.747. The van der Waals surface area contributed by atoms with E-state index >= 15 is 0 Å². The third-order valence-electron chi connectivity index (χ3n) is 4.01. The van der Waals surface area contributed by atoms with Gasteiger partial charge in [-0.1, -0.05) is 6.92 Å². The van der Waals surface area contributed by atoms with Gasteiger partial charge in [-0.3, -0.25) is 4.79 Å². The van der Waals surface area contributed by atoms with E-state index in [1.807, 2.05) is 12.3 Å². The van der Waals surface area contributed by atoms with Gasteiger partial charge in [-0.05, 0) is 19.3 Å². The summed E-state index contributed by atoms with van der Waals surface area (Å²) in [5.41, 5.74) is -0.661. The highest BCUT2D eigenvalue weighted by Gasteiger charge is 2.40. The molecule has 1 aliphatic rings. The molecule has 1 fully saturated rings. The van der Waals surface area contributed by atoms with Gasteiger partial charge in [-0.25, -0.2) is 9.78 Å². The molecule has 7 heteroatoms. The van der Waals surface area contributed by atoms with Gasteiger partial charge in [0.2, 0.25) is 0 Å². The summed E-state index contributed by atoms with van der Waals surface area (Å²) >= 11 is 1.50. The zero-order valence-corrected chi connectivity index (χ0v) is 12.3. The van der Waals surface area contributed by atoms with Crippen LogP contribution in [-0.4, -0.2) is 40.1 Å². The lowest BCUT2D eigenvalue weighted by Gasteiger charge is -2.38. The minimum absolute atomic E-state index is 0.143. The van der Waals surface area contributed by atoms with Crippen LogP contribution in [0, 0.1) is 5.41 Å². The van der Waals surface area contributed by atoms with E-state index in [9.17, 15) is 14.7 Å². The van der Waals surface area contributed by atoms with Crippen LogP contribution < -0.4 is 5.32 Å². The van der Waals surface area contributed by atoms with Crippen LogP contribution in [-0.2, 0) is 11.3 Å². The van der Waals surface area contributed by atoms with Crippen molar-refractivity contribution in [3.05, 3.63) is 16.6 Å². The number of amides is 2. The van der Waals surface area contributed by atoms with E-state index in [2.05, 4.69) is 10.3 Å². The highest BCUT2D eigenvalue weighted by Crippen LogP contribution is 2.35. The second kappa shape index (κ2) is 6.21. The maximum Gasteiger partial charge on any atom is 0.317 e. The van der Waals surface area contributed by atoms with Crippen LogP contribution in [0.3, 0.4) is 0 Å². The third-order valence-corrected chi connectivity index (χ3v) is 4.79. The number of likely N-dealkylation sites (tertiary alicyclic amines) is 1. The number of carbonyl (C=O) groups excluding carboxylic acids is 1. The number of rotatable bonds is 4. The van der Waals surface area contributed by atoms with Crippen molar-refractivity contribution in [2.24, 2.45) is 5.41 Å². The summed E-state index contributed by atoms with van der Waals surface area (Å²) in [6.07, 6.45) is 3.35. The molecule has 0 atom stereocenters. The van der Waals surface area contributed by atoms with E-state index in [4.69, 9.17) is 0 Å². The maximum atomic E-state index is 12.0. The summed E-state index contributed by atoms with van der Waals surface area (Å²) in [6, 6.07) is -0.143. The average Bonchev–Trinajstić information content (AvgIpc) is 2.98. The molecular weight excluding hydrogens is 278 g/mol.